The zero-order valence-electron chi connectivity index (χ0n) is 24.9. The minimum absolute atomic E-state index is 0.0468. The molecule has 9 heteroatoms. The van der Waals surface area contributed by atoms with Gasteiger partial charge in [0, 0.05) is 10.7 Å². The van der Waals surface area contributed by atoms with E-state index in [4.69, 9.17) is 16.4 Å². The summed E-state index contributed by atoms with van der Waals surface area (Å²) in [5, 5.41) is 5.12. The number of anilines is 1. The first kappa shape index (κ1) is 29.9. The smallest absolute Gasteiger partial charge is 0.283 e. The number of hydrogen-bond acceptors (Lipinski definition) is 4. The van der Waals surface area contributed by atoms with Crippen LogP contribution in [-0.4, -0.2) is 25.2 Å². The Morgan fingerprint density at radius 2 is 1.46 bits per heavy atom. The van der Waals surface area contributed by atoms with E-state index < -0.39 is 27.4 Å². The average Bonchev–Trinajstić information content (AvgIpc) is 3.51. The molecule has 1 amide bonds. The minimum Gasteiger partial charge on any atom is -0.342 e. The van der Waals surface area contributed by atoms with E-state index >= 15 is 0 Å². The maximum atomic E-state index is 14.9. The molecule has 2 heterocycles. The lowest BCUT2D eigenvalue weighted by atomic mass is 9.64. The molecular formula is C37H30ClN3O4S. The lowest BCUT2D eigenvalue weighted by molar-refractivity contribution is -0.198. The van der Waals surface area contributed by atoms with Crippen molar-refractivity contribution in [1.29, 1.82) is 0 Å². The van der Waals surface area contributed by atoms with E-state index in [-0.39, 0.29) is 23.2 Å². The number of fused-ring (bicyclic) bond motifs is 2. The summed E-state index contributed by atoms with van der Waals surface area (Å²) in [4.78, 5) is 21.4. The third-order valence-electron chi connectivity index (χ3n) is 8.68. The van der Waals surface area contributed by atoms with Crippen LogP contribution in [0.2, 0.25) is 5.02 Å². The number of nitrogens with zero attached hydrogens (tertiary/aromatic N) is 2. The van der Waals surface area contributed by atoms with Crippen molar-refractivity contribution in [3.63, 3.8) is 0 Å². The van der Waals surface area contributed by atoms with Gasteiger partial charge in [-0.3, -0.25) is 9.63 Å². The molecule has 0 aromatic heterocycles. The number of amides is 1. The molecule has 1 spiro atoms. The van der Waals surface area contributed by atoms with Crippen LogP contribution in [0.3, 0.4) is 0 Å². The number of amidine groups is 1. The average molecular weight is 648 g/mol. The molecule has 0 radical (unpaired) electrons. The van der Waals surface area contributed by atoms with Crippen molar-refractivity contribution >= 4 is 39.1 Å². The summed E-state index contributed by atoms with van der Waals surface area (Å²) in [6.07, 6.45) is 0. The van der Waals surface area contributed by atoms with Crippen molar-refractivity contribution in [2.75, 3.05) is 5.32 Å². The van der Waals surface area contributed by atoms with Crippen LogP contribution in [0.15, 0.2) is 143 Å². The van der Waals surface area contributed by atoms with Crippen molar-refractivity contribution in [3.8, 4) is 0 Å². The fraction of sp³-hybridized carbons (Fsp3) is 0.135. The molecule has 5 aromatic carbocycles. The van der Waals surface area contributed by atoms with Gasteiger partial charge in [0.05, 0.1) is 16.2 Å². The number of rotatable bonds is 7. The monoisotopic (exact) mass is 647 g/mol. The van der Waals surface area contributed by atoms with E-state index in [0.29, 0.717) is 27.4 Å². The van der Waals surface area contributed by atoms with Gasteiger partial charge in [-0.2, -0.15) is 8.42 Å². The number of para-hydroxylation sites is 1. The van der Waals surface area contributed by atoms with Crippen LogP contribution in [0.4, 0.5) is 5.69 Å². The van der Waals surface area contributed by atoms with Gasteiger partial charge < -0.3 is 5.32 Å². The molecule has 3 unspecified atom stereocenters. The first-order chi connectivity index (χ1) is 22.3. The largest absolute Gasteiger partial charge is 0.342 e. The maximum absolute atomic E-state index is 14.9. The van der Waals surface area contributed by atoms with Crippen LogP contribution in [0.25, 0.3) is 0 Å². The van der Waals surface area contributed by atoms with E-state index in [2.05, 4.69) is 9.71 Å². The predicted octanol–water partition coefficient (Wildman–Crippen LogP) is 7.60. The normalized spacial score (nSPS) is 21.5. The Hall–Kier alpha value is -4.76. The Balaban J connectivity index is 1.53. The molecule has 46 heavy (non-hydrogen) atoms. The van der Waals surface area contributed by atoms with Crippen LogP contribution in [0.1, 0.15) is 39.8 Å². The zero-order chi connectivity index (χ0) is 31.9. The van der Waals surface area contributed by atoms with Crippen LogP contribution >= 0.6 is 11.6 Å². The second-order valence-electron chi connectivity index (χ2n) is 11.5. The molecular weight excluding hydrogens is 618 g/mol. The van der Waals surface area contributed by atoms with Crippen LogP contribution in [-0.2, 0) is 31.7 Å². The van der Waals surface area contributed by atoms with Gasteiger partial charge in [0.1, 0.15) is 18.5 Å². The number of halogens is 1. The van der Waals surface area contributed by atoms with Crippen LogP contribution < -0.4 is 5.32 Å². The molecule has 230 valence electrons. The van der Waals surface area contributed by atoms with Gasteiger partial charge in [-0.1, -0.05) is 126 Å². The fourth-order valence-electron chi connectivity index (χ4n) is 6.63. The summed E-state index contributed by atoms with van der Waals surface area (Å²) < 4.78 is 32.6. The van der Waals surface area contributed by atoms with Gasteiger partial charge in [-0.15, -0.1) is 4.40 Å². The highest BCUT2D eigenvalue weighted by Crippen LogP contribution is 2.62. The number of hydroxylamine groups is 2. The number of aryl methyl sites for hydroxylation is 1. The van der Waals surface area contributed by atoms with Crippen molar-refractivity contribution in [1.82, 2.24) is 5.06 Å². The lowest BCUT2D eigenvalue weighted by Gasteiger charge is -2.37. The topological polar surface area (TPSA) is 88.1 Å². The van der Waals surface area contributed by atoms with Gasteiger partial charge in [0.2, 0.25) is 0 Å². The van der Waals surface area contributed by atoms with Crippen molar-refractivity contribution in [3.05, 3.63) is 166 Å². The van der Waals surface area contributed by atoms with Gasteiger partial charge in [-0.25, -0.2) is 5.06 Å². The Labute approximate surface area is 273 Å². The highest BCUT2D eigenvalue weighted by molar-refractivity contribution is 7.90. The second kappa shape index (κ2) is 11.9. The Morgan fingerprint density at radius 3 is 2.17 bits per heavy atom. The molecule has 0 saturated carbocycles. The van der Waals surface area contributed by atoms with Crippen molar-refractivity contribution in [2.24, 2.45) is 4.40 Å². The lowest BCUT2D eigenvalue weighted by Crippen LogP contribution is -2.44. The summed E-state index contributed by atoms with van der Waals surface area (Å²) in [5.74, 6) is -1.15. The molecule has 5 aromatic rings. The molecule has 7 rings (SSSR count). The SMILES string of the molecule is Cc1ccc(S(=O)(=O)/N=C2\Nc3ccccc3C23C(c2ccccc2)C(=O)N(OCc2ccccc2)C3c2ccccc2Cl)cc1. The quantitative estimate of drug-likeness (QED) is 0.197. The van der Waals surface area contributed by atoms with E-state index in [1.807, 2.05) is 110 Å². The number of sulfonamides is 1. The molecule has 1 N–H and O–H groups in total. The molecule has 0 aliphatic carbocycles. The van der Waals surface area contributed by atoms with Crippen molar-refractivity contribution in [2.45, 2.75) is 35.8 Å². The number of hydrogen-bond donors (Lipinski definition) is 1. The Morgan fingerprint density at radius 1 is 0.826 bits per heavy atom. The van der Waals surface area contributed by atoms with E-state index in [1.165, 1.54) is 5.06 Å². The first-order valence-electron chi connectivity index (χ1n) is 14.9. The van der Waals surface area contributed by atoms with Gasteiger partial charge in [0.25, 0.3) is 15.9 Å². The zero-order valence-corrected chi connectivity index (χ0v) is 26.4. The van der Waals surface area contributed by atoms with Gasteiger partial charge in [0.15, 0.2) is 0 Å². The van der Waals surface area contributed by atoms with E-state index in [0.717, 1.165) is 11.1 Å². The number of carbonyl (C=O) groups excluding carboxylic acids is 1. The Bertz CT molecular complexity index is 2050. The predicted molar refractivity (Wildman–Crippen MR) is 179 cm³/mol. The maximum Gasteiger partial charge on any atom is 0.283 e. The summed E-state index contributed by atoms with van der Waals surface area (Å²) in [5.41, 5.74) is 3.06. The number of benzene rings is 5. The molecule has 2 aliphatic rings. The van der Waals surface area contributed by atoms with Crippen LogP contribution in [0.5, 0.6) is 0 Å². The van der Waals surface area contributed by atoms with Crippen LogP contribution in [0, 0.1) is 6.92 Å². The van der Waals surface area contributed by atoms with Crippen molar-refractivity contribution < 1.29 is 18.0 Å². The molecule has 7 nitrogen and oxygen atoms in total. The van der Waals surface area contributed by atoms with Gasteiger partial charge in [-0.05, 0) is 53.4 Å². The first-order valence-corrected chi connectivity index (χ1v) is 16.7. The summed E-state index contributed by atoms with van der Waals surface area (Å²) in [6.45, 7) is 1.99. The summed E-state index contributed by atoms with van der Waals surface area (Å²) in [6, 6.07) is 39.4. The fourth-order valence-corrected chi connectivity index (χ4v) is 7.89. The van der Waals surface area contributed by atoms with E-state index in [1.54, 1.807) is 30.3 Å². The standard InChI is InChI=1S/C37H30ClN3O4S/c1-25-20-22-28(23-21-25)46(43,44)40-36-37(30-17-9-11-19-32(30)39-36)33(27-14-6-3-7-15-27)35(42)41(45-24-26-12-4-2-5-13-26)34(37)29-16-8-10-18-31(29)38/h2-23,33-34H,24H2,1H3,(H,39,40). The Kier molecular flexibility index (Phi) is 7.72. The highest BCUT2D eigenvalue weighted by Gasteiger charge is 2.68. The number of carbonyl (C=O) groups is 1. The molecule has 0 bridgehead atoms. The van der Waals surface area contributed by atoms with Gasteiger partial charge >= 0.3 is 0 Å². The minimum atomic E-state index is -4.23. The third-order valence-corrected chi connectivity index (χ3v) is 10.3. The second-order valence-corrected chi connectivity index (χ2v) is 13.5. The third kappa shape index (κ3) is 4.99. The number of nitrogens with one attached hydrogen (secondary N) is 1. The molecule has 3 atom stereocenters. The highest BCUT2D eigenvalue weighted by atomic mass is 35.5. The van der Waals surface area contributed by atoms with E-state index in [9.17, 15) is 13.2 Å². The molecule has 1 fully saturated rings. The summed E-state index contributed by atoms with van der Waals surface area (Å²) in [7, 11) is -4.23. The molecule has 1 saturated heterocycles. The molecule has 2 aliphatic heterocycles. The summed E-state index contributed by atoms with van der Waals surface area (Å²) >= 11 is 6.94.